The number of hydrogen-bond acceptors (Lipinski definition) is 1. The quantitative estimate of drug-likeness (QED) is 0.839. The van der Waals surface area contributed by atoms with Crippen LogP contribution in [-0.2, 0) is 6.42 Å². The van der Waals surface area contributed by atoms with Gasteiger partial charge in [0, 0.05) is 6.42 Å². The summed E-state index contributed by atoms with van der Waals surface area (Å²) in [5.41, 5.74) is -0.840. The van der Waals surface area contributed by atoms with Crippen LogP contribution >= 0.6 is 11.6 Å². The van der Waals surface area contributed by atoms with Crippen LogP contribution in [0.15, 0.2) is 18.2 Å². The van der Waals surface area contributed by atoms with Crippen LogP contribution in [0.5, 0.6) is 0 Å². The molecule has 0 saturated carbocycles. The van der Waals surface area contributed by atoms with Crippen molar-refractivity contribution in [2.45, 2.75) is 39.7 Å². The van der Waals surface area contributed by atoms with E-state index in [1.165, 1.54) is 6.07 Å². The molecule has 0 aliphatic carbocycles. The average Bonchev–Trinajstić information content (AvgIpc) is 2.11. The summed E-state index contributed by atoms with van der Waals surface area (Å²) in [5, 5.41) is 10.4. The van der Waals surface area contributed by atoms with Crippen molar-refractivity contribution in [2.75, 3.05) is 0 Å². The molecule has 1 N–H and O–H groups in total. The summed E-state index contributed by atoms with van der Waals surface area (Å²) < 4.78 is 13.7. The number of aliphatic hydroxyl groups is 1. The van der Waals surface area contributed by atoms with Gasteiger partial charge in [-0.05, 0) is 24.0 Å². The van der Waals surface area contributed by atoms with E-state index in [-0.39, 0.29) is 16.9 Å². The molecular formula is C13H18ClFO. The first-order valence-corrected chi connectivity index (χ1v) is 5.68. The molecule has 0 heterocycles. The van der Waals surface area contributed by atoms with E-state index in [0.29, 0.717) is 5.56 Å². The number of benzene rings is 1. The summed E-state index contributed by atoms with van der Waals surface area (Å²) in [7, 11) is 0. The summed E-state index contributed by atoms with van der Waals surface area (Å²) >= 11 is 5.70. The second-order valence-corrected chi connectivity index (χ2v) is 5.82. The minimum atomic E-state index is -0.974. The number of halogens is 2. The van der Waals surface area contributed by atoms with Crippen molar-refractivity contribution in [3.63, 3.8) is 0 Å². The van der Waals surface area contributed by atoms with Crippen molar-refractivity contribution in [3.8, 4) is 0 Å². The highest BCUT2D eigenvalue weighted by atomic mass is 35.5. The maximum atomic E-state index is 13.7. The van der Waals surface area contributed by atoms with Crippen LogP contribution in [0, 0.1) is 11.2 Å². The smallest absolute Gasteiger partial charge is 0.145 e. The maximum Gasteiger partial charge on any atom is 0.145 e. The minimum absolute atomic E-state index is 0.0993. The van der Waals surface area contributed by atoms with Gasteiger partial charge in [-0.25, -0.2) is 4.39 Å². The maximum absolute atomic E-state index is 13.7. The molecule has 0 saturated heterocycles. The van der Waals surface area contributed by atoms with E-state index >= 15 is 0 Å². The second-order valence-electron chi connectivity index (χ2n) is 5.41. The van der Waals surface area contributed by atoms with Gasteiger partial charge in [0.2, 0.25) is 0 Å². The molecule has 1 aromatic carbocycles. The predicted molar refractivity (Wildman–Crippen MR) is 65.2 cm³/mol. The molecule has 90 valence electrons. The van der Waals surface area contributed by atoms with E-state index in [1.54, 1.807) is 19.1 Å². The lowest BCUT2D eigenvalue weighted by molar-refractivity contribution is -0.0411. The van der Waals surface area contributed by atoms with Gasteiger partial charge in [0.15, 0.2) is 0 Å². The van der Waals surface area contributed by atoms with Gasteiger partial charge in [-0.2, -0.15) is 0 Å². The first-order valence-electron chi connectivity index (χ1n) is 5.30. The molecule has 1 rings (SSSR count). The highest BCUT2D eigenvalue weighted by Gasteiger charge is 2.35. The van der Waals surface area contributed by atoms with Crippen molar-refractivity contribution in [1.29, 1.82) is 0 Å². The van der Waals surface area contributed by atoms with Crippen molar-refractivity contribution >= 4 is 11.6 Å². The standard InChI is InChI=1S/C13H18ClFO/c1-12(2,3)13(4,16)8-9-6-5-7-10(14)11(9)15/h5-7,16H,8H2,1-4H3. The fourth-order valence-electron chi connectivity index (χ4n) is 1.32. The first-order chi connectivity index (χ1) is 7.15. The Labute approximate surface area is 101 Å². The van der Waals surface area contributed by atoms with E-state index in [4.69, 9.17) is 11.6 Å². The molecule has 0 bridgehead atoms. The van der Waals surface area contributed by atoms with Gasteiger partial charge in [-0.3, -0.25) is 0 Å². The van der Waals surface area contributed by atoms with Crippen molar-refractivity contribution < 1.29 is 9.50 Å². The molecule has 3 heteroatoms. The lowest BCUT2D eigenvalue weighted by atomic mass is 9.74. The summed E-state index contributed by atoms with van der Waals surface area (Å²) in [4.78, 5) is 0. The lowest BCUT2D eigenvalue weighted by Gasteiger charge is -2.37. The third kappa shape index (κ3) is 2.74. The van der Waals surface area contributed by atoms with Crippen LogP contribution in [0.3, 0.4) is 0 Å². The van der Waals surface area contributed by atoms with Crippen LogP contribution in [0.4, 0.5) is 4.39 Å². The molecular weight excluding hydrogens is 227 g/mol. The molecule has 0 aliphatic rings. The van der Waals surface area contributed by atoms with Gasteiger partial charge in [-0.15, -0.1) is 0 Å². The van der Waals surface area contributed by atoms with E-state index in [9.17, 15) is 9.50 Å². The molecule has 1 aromatic rings. The summed E-state index contributed by atoms with van der Waals surface area (Å²) in [6.07, 6.45) is 0.253. The van der Waals surface area contributed by atoms with E-state index < -0.39 is 11.4 Å². The van der Waals surface area contributed by atoms with Gasteiger partial charge in [0.05, 0.1) is 10.6 Å². The first kappa shape index (κ1) is 13.5. The normalized spacial score (nSPS) is 15.9. The highest BCUT2D eigenvalue weighted by Crippen LogP contribution is 2.34. The monoisotopic (exact) mass is 244 g/mol. The molecule has 0 aromatic heterocycles. The van der Waals surface area contributed by atoms with Gasteiger partial charge in [-0.1, -0.05) is 44.5 Å². The van der Waals surface area contributed by atoms with Crippen LogP contribution in [0.2, 0.25) is 5.02 Å². The highest BCUT2D eigenvalue weighted by molar-refractivity contribution is 6.30. The molecule has 0 fully saturated rings. The molecule has 0 amide bonds. The van der Waals surface area contributed by atoms with Gasteiger partial charge >= 0.3 is 0 Å². The van der Waals surface area contributed by atoms with E-state index in [2.05, 4.69) is 0 Å². The van der Waals surface area contributed by atoms with Crippen LogP contribution in [-0.4, -0.2) is 10.7 Å². The Morgan fingerprint density at radius 3 is 2.31 bits per heavy atom. The van der Waals surface area contributed by atoms with Crippen LogP contribution < -0.4 is 0 Å². The topological polar surface area (TPSA) is 20.2 Å². The molecule has 16 heavy (non-hydrogen) atoms. The second kappa shape index (κ2) is 4.34. The Morgan fingerprint density at radius 1 is 1.25 bits per heavy atom. The SMILES string of the molecule is CC(C)(C)C(C)(O)Cc1cccc(Cl)c1F. The Bertz CT molecular complexity index is 380. The zero-order valence-corrected chi connectivity index (χ0v) is 10.9. The lowest BCUT2D eigenvalue weighted by Crippen LogP contribution is -2.41. The number of hydrogen-bond donors (Lipinski definition) is 1. The van der Waals surface area contributed by atoms with Crippen molar-refractivity contribution in [3.05, 3.63) is 34.6 Å². The molecule has 0 radical (unpaired) electrons. The van der Waals surface area contributed by atoms with Crippen molar-refractivity contribution in [2.24, 2.45) is 5.41 Å². The fraction of sp³-hybridized carbons (Fsp3) is 0.538. The molecule has 1 unspecified atom stereocenters. The predicted octanol–water partition coefficient (Wildman–Crippen LogP) is 3.82. The van der Waals surface area contributed by atoms with E-state index in [1.807, 2.05) is 20.8 Å². The number of rotatable bonds is 2. The Hall–Kier alpha value is -0.600. The summed E-state index contributed by atoms with van der Waals surface area (Å²) in [6.45, 7) is 7.49. The summed E-state index contributed by atoms with van der Waals surface area (Å²) in [6, 6.07) is 4.85. The third-order valence-corrected chi connectivity index (χ3v) is 3.47. The molecule has 0 spiro atoms. The molecule has 0 aliphatic heterocycles. The zero-order valence-electron chi connectivity index (χ0n) is 10.1. The Morgan fingerprint density at radius 2 is 1.81 bits per heavy atom. The molecule has 1 atom stereocenters. The van der Waals surface area contributed by atoms with Crippen LogP contribution in [0.1, 0.15) is 33.3 Å². The minimum Gasteiger partial charge on any atom is -0.389 e. The third-order valence-electron chi connectivity index (χ3n) is 3.18. The zero-order chi connectivity index (χ0) is 12.6. The fourth-order valence-corrected chi connectivity index (χ4v) is 1.52. The molecule has 1 nitrogen and oxygen atoms in total. The largest absolute Gasteiger partial charge is 0.389 e. The van der Waals surface area contributed by atoms with Gasteiger partial charge < -0.3 is 5.11 Å². The van der Waals surface area contributed by atoms with Gasteiger partial charge in [0.25, 0.3) is 0 Å². The van der Waals surface area contributed by atoms with Crippen LogP contribution in [0.25, 0.3) is 0 Å². The van der Waals surface area contributed by atoms with Gasteiger partial charge in [0.1, 0.15) is 5.82 Å². The van der Waals surface area contributed by atoms with Crippen molar-refractivity contribution in [1.82, 2.24) is 0 Å². The van der Waals surface area contributed by atoms with E-state index in [0.717, 1.165) is 0 Å². The Balaban J connectivity index is 3.02. The Kier molecular flexibility index (Phi) is 3.65. The summed E-state index contributed by atoms with van der Waals surface area (Å²) in [5.74, 6) is -0.436. The average molecular weight is 245 g/mol.